The van der Waals surface area contributed by atoms with Gasteiger partial charge in [-0.3, -0.25) is 4.79 Å². The molecule has 6 heteroatoms. The summed E-state index contributed by atoms with van der Waals surface area (Å²) in [6.45, 7) is 5.52. The van der Waals surface area contributed by atoms with E-state index in [2.05, 4.69) is 5.32 Å². The van der Waals surface area contributed by atoms with E-state index in [9.17, 15) is 14.7 Å². The van der Waals surface area contributed by atoms with Crippen LogP contribution in [-0.2, 0) is 4.74 Å². The minimum atomic E-state index is -0.392. The van der Waals surface area contributed by atoms with Crippen LogP contribution < -0.4 is 5.32 Å². The summed E-state index contributed by atoms with van der Waals surface area (Å²) in [5, 5.41) is 12.3. The molecule has 0 saturated carbocycles. The fourth-order valence-corrected chi connectivity index (χ4v) is 2.50. The molecule has 1 heterocycles. The fraction of sp³-hybridized carbons (Fsp3) is 0.529. The van der Waals surface area contributed by atoms with Crippen molar-refractivity contribution in [2.75, 3.05) is 19.7 Å². The Bertz CT molecular complexity index is 551. The zero-order valence-electron chi connectivity index (χ0n) is 13.6. The molecule has 2 N–H and O–H groups in total. The van der Waals surface area contributed by atoms with E-state index in [-0.39, 0.29) is 17.7 Å². The minimum absolute atomic E-state index is 0.0305. The van der Waals surface area contributed by atoms with Crippen LogP contribution >= 0.6 is 0 Å². The van der Waals surface area contributed by atoms with Gasteiger partial charge in [-0.2, -0.15) is 0 Å². The molecule has 23 heavy (non-hydrogen) atoms. The van der Waals surface area contributed by atoms with Gasteiger partial charge in [0, 0.05) is 24.7 Å². The van der Waals surface area contributed by atoms with Gasteiger partial charge in [0.05, 0.1) is 6.61 Å². The van der Waals surface area contributed by atoms with Gasteiger partial charge in [0.15, 0.2) is 0 Å². The van der Waals surface area contributed by atoms with Crippen molar-refractivity contribution in [1.29, 1.82) is 0 Å². The van der Waals surface area contributed by atoms with E-state index in [0.717, 1.165) is 0 Å². The third-order valence-electron chi connectivity index (χ3n) is 3.75. The molecule has 1 aliphatic heterocycles. The third-order valence-corrected chi connectivity index (χ3v) is 3.75. The van der Waals surface area contributed by atoms with Crippen molar-refractivity contribution in [2.24, 2.45) is 5.92 Å². The second-order valence-electron chi connectivity index (χ2n) is 6.25. The highest BCUT2D eigenvalue weighted by molar-refractivity contribution is 5.94. The van der Waals surface area contributed by atoms with E-state index in [1.165, 1.54) is 12.1 Å². The lowest BCUT2D eigenvalue weighted by molar-refractivity contribution is 0.0699. The SMILES string of the molecule is CC(C)COC(=O)NC1CCN(C(=O)c2cccc(O)c2)CC1. The second kappa shape index (κ2) is 7.85. The summed E-state index contributed by atoms with van der Waals surface area (Å²) in [5.74, 6) is 0.296. The number of carbonyl (C=O) groups is 2. The molecule has 0 aromatic heterocycles. The number of carbonyl (C=O) groups excluding carboxylic acids is 2. The van der Waals surface area contributed by atoms with Crippen molar-refractivity contribution in [1.82, 2.24) is 10.2 Å². The molecule has 1 fully saturated rings. The monoisotopic (exact) mass is 320 g/mol. The molecular weight excluding hydrogens is 296 g/mol. The predicted octanol–water partition coefficient (Wildman–Crippen LogP) is 2.38. The molecule has 0 aliphatic carbocycles. The Morgan fingerprint density at radius 3 is 2.65 bits per heavy atom. The van der Waals surface area contributed by atoms with Crippen LogP contribution in [0.3, 0.4) is 0 Å². The van der Waals surface area contributed by atoms with Crippen LogP contribution in [0.2, 0.25) is 0 Å². The Labute approximate surface area is 136 Å². The number of benzene rings is 1. The first-order valence-electron chi connectivity index (χ1n) is 7.97. The summed E-state index contributed by atoms with van der Waals surface area (Å²) in [6.07, 6.45) is 0.999. The first kappa shape index (κ1) is 17.1. The van der Waals surface area contributed by atoms with Gasteiger partial charge in [-0.05, 0) is 37.0 Å². The Kier molecular flexibility index (Phi) is 5.84. The van der Waals surface area contributed by atoms with Crippen molar-refractivity contribution in [3.05, 3.63) is 29.8 Å². The zero-order valence-corrected chi connectivity index (χ0v) is 13.6. The highest BCUT2D eigenvalue weighted by Gasteiger charge is 2.25. The topological polar surface area (TPSA) is 78.9 Å². The van der Waals surface area contributed by atoms with Gasteiger partial charge in [-0.1, -0.05) is 19.9 Å². The molecule has 0 spiro atoms. The number of phenolic OH excluding ortho intramolecular Hbond substituents is 1. The lowest BCUT2D eigenvalue weighted by Gasteiger charge is -2.32. The fourth-order valence-electron chi connectivity index (χ4n) is 2.50. The van der Waals surface area contributed by atoms with Gasteiger partial charge in [0.25, 0.3) is 5.91 Å². The number of alkyl carbamates (subject to hydrolysis) is 1. The molecule has 1 aliphatic rings. The summed E-state index contributed by atoms with van der Waals surface area (Å²) >= 11 is 0. The highest BCUT2D eigenvalue weighted by Crippen LogP contribution is 2.17. The van der Waals surface area contributed by atoms with Crippen molar-refractivity contribution in [2.45, 2.75) is 32.7 Å². The van der Waals surface area contributed by atoms with Crippen molar-refractivity contribution in [3.8, 4) is 5.75 Å². The number of aromatic hydroxyl groups is 1. The molecule has 0 atom stereocenters. The number of amides is 2. The largest absolute Gasteiger partial charge is 0.508 e. The number of hydrogen-bond acceptors (Lipinski definition) is 4. The average molecular weight is 320 g/mol. The van der Waals surface area contributed by atoms with Crippen LogP contribution in [0.4, 0.5) is 4.79 Å². The molecule has 0 bridgehead atoms. The van der Waals surface area contributed by atoms with E-state index in [0.29, 0.717) is 44.0 Å². The van der Waals surface area contributed by atoms with Gasteiger partial charge >= 0.3 is 6.09 Å². The molecule has 1 aromatic rings. The first-order valence-corrected chi connectivity index (χ1v) is 7.97. The van der Waals surface area contributed by atoms with E-state index in [1.807, 2.05) is 13.8 Å². The Morgan fingerprint density at radius 1 is 1.35 bits per heavy atom. The quantitative estimate of drug-likeness (QED) is 0.893. The predicted molar refractivity (Wildman–Crippen MR) is 86.4 cm³/mol. The van der Waals surface area contributed by atoms with Crippen LogP contribution in [0.1, 0.15) is 37.0 Å². The number of hydrogen-bond donors (Lipinski definition) is 2. The van der Waals surface area contributed by atoms with Crippen molar-refractivity contribution in [3.63, 3.8) is 0 Å². The Balaban J connectivity index is 1.79. The Morgan fingerprint density at radius 2 is 2.04 bits per heavy atom. The van der Waals surface area contributed by atoms with E-state index in [4.69, 9.17) is 4.74 Å². The van der Waals surface area contributed by atoms with Gasteiger partial charge in [0.2, 0.25) is 0 Å². The zero-order chi connectivity index (χ0) is 16.8. The maximum absolute atomic E-state index is 12.4. The van der Waals surface area contributed by atoms with Gasteiger partial charge in [0.1, 0.15) is 5.75 Å². The number of nitrogens with zero attached hydrogens (tertiary/aromatic N) is 1. The lowest BCUT2D eigenvalue weighted by Crippen LogP contribution is -2.46. The molecule has 2 rings (SSSR count). The molecule has 1 saturated heterocycles. The van der Waals surface area contributed by atoms with E-state index >= 15 is 0 Å². The number of nitrogens with one attached hydrogen (secondary N) is 1. The molecule has 0 radical (unpaired) electrons. The normalized spacial score (nSPS) is 15.5. The standard InChI is InChI=1S/C17H24N2O4/c1-12(2)11-23-17(22)18-14-6-8-19(9-7-14)16(21)13-4-3-5-15(20)10-13/h3-5,10,12,14,20H,6-9,11H2,1-2H3,(H,18,22). The summed E-state index contributed by atoms with van der Waals surface area (Å²) < 4.78 is 5.10. The van der Waals surface area contributed by atoms with Gasteiger partial charge in [-0.25, -0.2) is 4.79 Å². The lowest BCUT2D eigenvalue weighted by atomic mass is 10.0. The minimum Gasteiger partial charge on any atom is -0.508 e. The van der Waals surface area contributed by atoms with Crippen LogP contribution in [0, 0.1) is 5.92 Å². The first-order chi connectivity index (χ1) is 11.0. The van der Waals surface area contributed by atoms with Crippen molar-refractivity contribution >= 4 is 12.0 Å². The molecule has 0 unspecified atom stereocenters. The molecule has 1 aromatic carbocycles. The number of phenols is 1. The Hall–Kier alpha value is -2.24. The second-order valence-corrected chi connectivity index (χ2v) is 6.25. The van der Waals surface area contributed by atoms with E-state index in [1.54, 1.807) is 17.0 Å². The van der Waals surface area contributed by atoms with Crippen LogP contribution in [0.5, 0.6) is 5.75 Å². The van der Waals surface area contributed by atoms with Crippen LogP contribution in [-0.4, -0.2) is 47.7 Å². The average Bonchev–Trinajstić information content (AvgIpc) is 2.53. The van der Waals surface area contributed by atoms with Crippen molar-refractivity contribution < 1.29 is 19.4 Å². The number of ether oxygens (including phenoxy) is 1. The maximum atomic E-state index is 12.4. The third kappa shape index (κ3) is 5.16. The number of rotatable bonds is 4. The highest BCUT2D eigenvalue weighted by atomic mass is 16.5. The van der Waals surface area contributed by atoms with Gasteiger partial charge < -0.3 is 20.1 Å². The summed E-state index contributed by atoms with van der Waals surface area (Å²) in [5.41, 5.74) is 0.479. The number of likely N-dealkylation sites (tertiary alicyclic amines) is 1. The maximum Gasteiger partial charge on any atom is 0.407 e. The summed E-state index contributed by atoms with van der Waals surface area (Å²) in [6, 6.07) is 6.38. The van der Waals surface area contributed by atoms with Crippen LogP contribution in [0.25, 0.3) is 0 Å². The smallest absolute Gasteiger partial charge is 0.407 e. The molecule has 6 nitrogen and oxygen atoms in total. The molecular formula is C17H24N2O4. The number of piperidine rings is 1. The summed E-state index contributed by atoms with van der Waals surface area (Å²) in [7, 11) is 0. The molecule has 2 amide bonds. The molecule has 126 valence electrons. The van der Waals surface area contributed by atoms with Crippen LogP contribution in [0.15, 0.2) is 24.3 Å². The van der Waals surface area contributed by atoms with E-state index < -0.39 is 6.09 Å². The van der Waals surface area contributed by atoms with Gasteiger partial charge in [-0.15, -0.1) is 0 Å². The summed E-state index contributed by atoms with van der Waals surface area (Å²) in [4.78, 5) is 25.8.